The number of halogens is 3. The molecule has 30 heavy (non-hydrogen) atoms. The number of rotatable bonds is 6. The van der Waals surface area contributed by atoms with Gasteiger partial charge in [0.25, 0.3) is 0 Å². The van der Waals surface area contributed by atoms with Gasteiger partial charge in [0, 0.05) is 30.2 Å². The monoisotopic (exact) mass is 430 g/mol. The van der Waals surface area contributed by atoms with Gasteiger partial charge in [-0.25, -0.2) is 18.7 Å². The van der Waals surface area contributed by atoms with Crippen LogP contribution in [0.3, 0.4) is 0 Å². The zero-order valence-corrected chi connectivity index (χ0v) is 17.0. The van der Waals surface area contributed by atoms with Crippen LogP contribution in [0, 0.1) is 11.6 Å². The van der Waals surface area contributed by atoms with Gasteiger partial charge in [0.2, 0.25) is 0 Å². The van der Waals surface area contributed by atoms with Crippen LogP contribution in [0.5, 0.6) is 5.75 Å². The lowest BCUT2D eigenvalue weighted by Crippen LogP contribution is -2.07. The molecule has 0 bridgehead atoms. The van der Waals surface area contributed by atoms with Crippen molar-refractivity contribution in [2.24, 2.45) is 0 Å². The molecule has 0 spiro atoms. The summed E-state index contributed by atoms with van der Waals surface area (Å²) < 4.78 is 40.5. The van der Waals surface area contributed by atoms with Crippen LogP contribution in [-0.2, 0) is 17.9 Å². The zero-order valence-electron chi connectivity index (χ0n) is 16.2. The third-order valence-electron chi connectivity index (χ3n) is 4.57. The van der Waals surface area contributed by atoms with Gasteiger partial charge >= 0.3 is 0 Å². The topological polar surface area (TPSA) is 62.1 Å². The van der Waals surface area contributed by atoms with Gasteiger partial charge in [-0.1, -0.05) is 29.8 Å². The molecule has 0 radical (unpaired) electrons. The first-order valence-corrected chi connectivity index (χ1v) is 9.38. The summed E-state index contributed by atoms with van der Waals surface area (Å²) in [6, 6.07) is 11.2. The Bertz CT molecular complexity index is 1210. The molecule has 6 nitrogen and oxygen atoms in total. The van der Waals surface area contributed by atoms with Crippen molar-refractivity contribution in [2.45, 2.75) is 13.2 Å². The average molecular weight is 431 g/mol. The van der Waals surface area contributed by atoms with Gasteiger partial charge in [-0.2, -0.15) is 5.10 Å². The number of aromatic nitrogens is 4. The largest absolute Gasteiger partial charge is 0.497 e. The average Bonchev–Trinajstić information content (AvgIpc) is 3.09. The number of hydrogen-bond acceptors (Lipinski definition) is 5. The third-order valence-corrected chi connectivity index (χ3v) is 4.76. The minimum absolute atomic E-state index is 0.109. The molecule has 0 amide bonds. The van der Waals surface area contributed by atoms with Crippen molar-refractivity contribution in [1.29, 1.82) is 0 Å². The Hall–Kier alpha value is -3.10. The number of methoxy groups -OCH3 is 2. The molecule has 0 atom stereocenters. The number of fused-ring (bicyclic) bond motifs is 1. The van der Waals surface area contributed by atoms with Crippen LogP contribution in [0.2, 0.25) is 5.15 Å². The molecule has 0 aliphatic heterocycles. The summed E-state index contributed by atoms with van der Waals surface area (Å²) in [6.45, 7) is 0.143. The first-order chi connectivity index (χ1) is 14.5. The number of nitrogens with zero attached hydrogens (tertiary/aromatic N) is 4. The fourth-order valence-electron chi connectivity index (χ4n) is 3.20. The van der Waals surface area contributed by atoms with Crippen molar-refractivity contribution in [3.63, 3.8) is 0 Å². The van der Waals surface area contributed by atoms with E-state index in [4.69, 9.17) is 21.1 Å². The van der Waals surface area contributed by atoms with Crippen LogP contribution in [0.4, 0.5) is 8.78 Å². The highest BCUT2D eigenvalue weighted by Crippen LogP contribution is 2.29. The predicted molar refractivity (Wildman–Crippen MR) is 108 cm³/mol. The van der Waals surface area contributed by atoms with Crippen molar-refractivity contribution in [2.75, 3.05) is 14.2 Å². The van der Waals surface area contributed by atoms with E-state index in [-0.39, 0.29) is 29.6 Å². The molecule has 0 fully saturated rings. The normalized spacial score (nSPS) is 11.2. The smallest absolute Gasteiger partial charge is 0.182 e. The zero-order chi connectivity index (χ0) is 21.3. The Labute approximate surface area is 176 Å². The van der Waals surface area contributed by atoms with Crippen LogP contribution >= 0.6 is 11.6 Å². The summed E-state index contributed by atoms with van der Waals surface area (Å²) in [5, 5.41) is 5.53. The van der Waals surface area contributed by atoms with Crippen LogP contribution < -0.4 is 4.74 Å². The molecule has 0 aliphatic rings. The highest BCUT2D eigenvalue weighted by molar-refractivity contribution is 6.29. The maximum absolute atomic E-state index is 14.5. The third kappa shape index (κ3) is 3.83. The molecule has 2 aromatic heterocycles. The number of para-hydroxylation sites is 1. The molecule has 0 N–H and O–H groups in total. The summed E-state index contributed by atoms with van der Waals surface area (Å²) >= 11 is 6.14. The fraction of sp³-hybridized carbons (Fsp3) is 0.190. The van der Waals surface area contributed by atoms with Gasteiger partial charge < -0.3 is 9.47 Å². The molecule has 154 valence electrons. The number of ether oxygens (including phenoxy) is 2. The highest BCUT2D eigenvalue weighted by atomic mass is 35.5. The SMILES string of the molecule is COCc1cc(Cl)nc(-c2nn(Cc3c(F)cc(OC)cc3F)c3ccccc23)n1. The van der Waals surface area contributed by atoms with E-state index in [0.29, 0.717) is 22.7 Å². The molecule has 0 unspecified atom stereocenters. The van der Waals surface area contributed by atoms with Crippen molar-refractivity contribution in [1.82, 2.24) is 19.7 Å². The summed E-state index contributed by atoms with van der Waals surface area (Å²) in [5.74, 6) is -1.01. The lowest BCUT2D eigenvalue weighted by molar-refractivity contribution is 0.181. The Kier molecular flexibility index (Phi) is 5.61. The van der Waals surface area contributed by atoms with E-state index in [1.165, 1.54) is 11.8 Å². The Balaban J connectivity index is 1.83. The summed E-state index contributed by atoms with van der Waals surface area (Å²) in [4.78, 5) is 8.73. The summed E-state index contributed by atoms with van der Waals surface area (Å²) in [7, 11) is 2.90. The summed E-state index contributed by atoms with van der Waals surface area (Å²) in [5.41, 5.74) is 1.61. The second kappa shape index (κ2) is 8.33. The highest BCUT2D eigenvalue weighted by Gasteiger charge is 2.19. The molecular formula is C21H17ClF2N4O2. The van der Waals surface area contributed by atoms with E-state index in [1.54, 1.807) is 13.2 Å². The Morgan fingerprint density at radius 2 is 1.77 bits per heavy atom. The second-order valence-corrected chi connectivity index (χ2v) is 6.92. The number of hydrogen-bond donors (Lipinski definition) is 0. The van der Waals surface area contributed by atoms with Crippen LogP contribution in [0.15, 0.2) is 42.5 Å². The van der Waals surface area contributed by atoms with E-state index < -0.39 is 11.6 Å². The Morgan fingerprint density at radius 3 is 2.47 bits per heavy atom. The fourth-order valence-corrected chi connectivity index (χ4v) is 3.41. The first kappa shape index (κ1) is 20.2. The molecular weight excluding hydrogens is 414 g/mol. The van der Waals surface area contributed by atoms with Crippen LogP contribution in [0.25, 0.3) is 22.4 Å². The molecule has 9 heteroatoms. The van der Waals surface area contributed by atoms with Crippen molar-refractivity contribution in [3.05, 3.63) is 70.5 Å². The molecule has 4 aromatic rings. The van der Waals surface area contributed by atoms with Crippen LogP contribution in [0.1, 0.15) is 11.3 Å². The number of benzene rings is 2. The predicted octanol–water partition coefficient (Wildman–Crippen LogP) is 4.63. The molecule has 2 heterocycles. The molecule has 0 saturated heterocycles. The van der Waals surface area contributed by atoms with E-state index in [0.717, 1.165) is 17.5 Å². The standard InChI is InChI=1S/C21H17ClF2N4O2/c1-29-11-12-7-19(22)26-21(25-12)20-14-5-3-4-6-18(14)28(27-20)10-15-16(23)8-13(30-2)9-17(15)24/h3-9H,10-11H2,1-2H3. The van der Waals surface area contributed by atoms with Gasteiger partial charge in [-0.05, 0) is 12.1 Å². The van der Waals surface area contributed by atoms with E-state index in [2.05, 4.69) is 15.1 Å². The minimum Gasteiger partial charge on any atom is -0.497 e. The lowest BCUT2D eigenvalue weighted by Gasteiger charge is -2.09. The van der Waals surface area contributed by atoms with Gasteiger partial charge in [-0.3, -0.25) is 4.68 Å². The molecule has 0 aliphatic carbocycles. The summed E-state index contributed by atoms with van der Waals surface area (Å²) in [6.07, 6.45) is 0. The van der Waals surface area contributed by atoms with Gasteiger partial charge in [0.15, 0.2) is 5.82 Å². The Morgan fingerprint density at radius 1 is 1.03 bits per heavy atom. The maximum Gasteiger partial charge on any atom is 0.182 e. The van der Waals surface area contributed by atoms with E-state index in [9.17, 15) is 8.78 Å². The quantitative estimate of drug-likeness (QED) is 0.417. The molecule has 2 aromatic carbocycles. The van der Waals surface area contributed by atoms with Gasteiger partial charge in [0.05, 0.1) is 31.5 Å². The van der Waals surface area contributed by atoms with Crippen molar-refractivity contribution < 1.29 is 18.3 Å². The minimum atomic E-state index is -0.714. The van der Waals surface area contributed by atoms with Crippen molar-refractivity contribution >= 4 is 22.5 Å². The van der Waals surface area contributed by atoms with E-state index in [1.807, 2.05) is 24.3 Å². The van der Waals surface area contributed by atoms with Gasteiger partial charge in [0.1, 0.15) is 28.2 Å². The first-order valence-electron chi connectivity index (χ1n) is 9.00. The van der Waals surface area contributed by atoms with Gasteiger partial charge in [-0.15, -0.1) is 0 Å². The lowest BCUT2D eigenvalue weighted by atomic mass is 10.1. The maximum atomic E-state index is 14.5. The van der Waals surface area contributed by atoms with E-state index >= 15 is 0 Å². The van der Waals surface area contributed by atoms with Crippen molar-refractivity contribution in [3.8, 4) is 17.3 Å². The molecule has 0 saturated carbocycles. The second-order valence-electron chi connectivity index (χ2n) is 6.53. The molecule has 4 rings (SSSR count). The van der Waals surface area contributed by atoms with Crippen LogP contribution in [-0.4, -0.2) is 34.0 Å².